The number of hydrogen-bond acceptors (Lipinski definition) is 6. The Morgan fingerprint density at radius 3 is 2.31 bits per heavy atom. The molecule has 8 nitrogen and oxygen atoms in total. The topological polar surface area (TPSA) is 113 Å². The average Bonchev–Trinajstić information content (AvgIpc) is 3.37. The van der Waals surface area contributed by atoms with Crippen LogP contribution >= 0.6 is 0 Å². The third kappa shape index (κ3) is 6.16. The number of allylic oxidation sites excluding steroid dienone is 2. The Hall–Kier alpha value is -2.06. The lowest BCUT2D eigenvalue weighted by Crippen LogP contribution is -2.62. The molecule has 0 aromatic carbocycles. The van der Waals surface area contributed by atoms with E-state index in [1.165, 1.54) is 37.7 Å². The smallest absolute Gasteiger partial charge is 0.306 e. The molecule has 290 valence electrons. The zero-order valence-corrected chi connectivity index (χ0v) is 33.4. The Labute approximate surface area is 313 Å². The molecule has 0 bridgehead atoms. The number of carbonyl (C=O) groups excluding carboxylic acids is 3. The summed E-state index contributed by atoms with van der Waals surface area (Å²) in [6.45, 7) is 20.5. The Morgan fingerprint density at radius 1 is 0.923 bits per heavy atom. The highest BCUT2D eigenvalue weighted by Crippen LogP contribution is 2.74. The lowest BCUT2D eigenvalue weighted by atomic mass is 9.35. The third-order valence-corrected chi connectivity index (χ3v) is 17.3. The van der Waals surface area contributed by atoms with E-state index in [0.717, 1.165) is 44.3 Å². The molecule has 1 saturated heterocycles. The van der Waals surface area contributed by atoms with E-state index < -0.39 is 5.97 Å². The van der Waals surface area contributed by atoms with Crippen molar-refractivity contribution in [2.24, 2.45) is 74.9 Å². The number of nitrogens with zero attached hydrogens (tertiary/aromatic N) is 1. The van der Waals surface area contributed by atoms with Crippen LogP contribution in [0.3, 0.4) is 0 Å². The Balaban J connectivity index is 1.06. The number of amides is 1. The number of Topliss-reactive ketones (excluding diaryl/α,β-unsaturated/α-hetero) is 2. The molecule has 2 N–H and O–H groups in total. The van der Waals surface area contributed by atoms with Crippen LogP contribution in [-0.2, 0) is 23.9 Å². The van der Waals surface area contributed by atoms with Crippen molar-refractivity contribution in [3.05, 3.63) is 11.1 Å². The number of carboxylic acid groups (broad SMARTS) is 1. The molecule has 5 saturated carbocycles. The van der Waals surface area contributed by atoms with Gasteiger partial charge in [-0.1, -0.05) is 54.0 Å². The molecule has 6 aliphatic carbocycles. The third-order valence-electron chi connectivity index (χ3n) is 17.3. The van der Waals surface area contributed by atoms with Crippen molar-refractivity contribution in [2.75, 3.05) is 39.4 Å². The second-order valence-corrected chi connectivity index (χ2v) is 20.2. The van der Waals surface area contributed by atoms with Gasteiger partial charge in [0.25, 0.3) is 0 Å². The first-order chi connectivity index (χ1) is 24.5. The summed E-state index contributed by atoms with van der Waals surface area (Å²) >= 11 is 0. The molecule has 1 amide bonds. The van der Waals surface area contributed by atoms with Crippen molar-refractivity contribution in [3.63, 3.8) is 0 Å². The van der Waals surface area contributed by atoms with Gasteiger partial charge in [-0.05, 0) is 127 Å². The number of aliphatic carboxylic acids is 1. The molecule has 7 rings (SSSR count). The summed E-state index contributed by atoms with van der Waals surface area (Å²) in [6.07, 6.45) is 11.8. The highest BCUT2D eigenvalue weighted by atomic mass is 16.5. The van der Waals surface area contributed by atoms with Crippen LogP contribution in [-0.4, -0.2) is 72.8 Å². The van der Waals surface area contributed by atoms with Crippen molar-refractivity contribution in [1.29, 1.82) is 0 Å². The van der Waals surface area contributed by atoms with Gasteiger partial charge in [0.2, 0.25) is 5.91 Å². The fraction of sp³-hybridized carbons (Fsp3) is 0.864. The number of ether oxygens (including phenoxy) is 1. The van der Waals surface area contributed by atoms with Crippen molar-refractivity contribution in [3.8, 4) is 0 Å². The van der Waals surface area contributed by atoms with Crippen molar-refractivity contribution in [2.45, 2.75) is 126 Å². The first-order valence-electron chi connectivity index (χ1n) is 21.1. The molecule has 11 atom stereocenters. The molecule has 0 aromatic heterocycles. The number of nitrogens with one attached hydrogen (secondary N) is 1. The lowest BCUT2D eigenvalue weighted by Gasteiger charge is -2.69. The Bertz CT molecular complexity index is 1480. The van der Waals surface area contributed by atoms with Crippen LogP contribution in [0.15, 0.2) is 11.1 Å². The highest BCUT2D eigenvalue weighted by molar-refractivity contribution is 6.00. The summed E-state index contributed by atoms with van der Waals surface area (Å²) in [6, 6.07) is 0. The minimum absolute atomic E-state index is 0.0534. The molecule has 52 heavy (non-hydrogen) atoms. The van der Waals surface area contributed by atoms with E-state index in [-0.39, 0.29) is 51.2 Å². The minimum atomic E-state index is -0.756. The Morgan fingerprint density at radius 2 is 1.63 bits per heavy atom. The van der Waals surface area contributed by atoms with Crippen LogP contribution in [0.25, 0.3) is 0 Å². The number of ketones is 2. The van der Waals surface area contributed by atoms with E-state index in [0.29, 0.717) is 86.7 Å². The van der Waals surface area contributed by atoms with Crippen molar-refractivity contribution >= 4 is 23.4 Å². The highest BCUT2D eigenvalue weighted by Gasteiger charge is 2.66. The van der Waals surface area contributed by atoms with Gasteiger partial charge in [0.15, 0.2) is 5.78 Å². The molecular weight excluding hydrogens is 652 g/mol. The van der Waals surface area contributed by atoms with Crippen LogP contribution in [0.5, 0.6) is 0 Å². The second kappa shape index (κ2) is 13.9. The standard InChI is InChI=1S/C44H68N2O6/c1-26(2)38-34(48)24-44(16-17-45-37(49)25-46-18-20-52-21-19-46)15-11-32-29(39(38)44)8-9-36-42(32,6)14-12-35-41(4,5)28(10-13-43(35,36)7)22-33(47)30-23-31(27(30)3)40(50)51/h26-32,35-36H,8-25H2,1-7H3,(H,45,49)(H,50,51). The summed E-state index contributed by atoms with van der Waals surface area (Å²) < 4.78 is 5.46. The van der Waals surface area contributed by atoms with Gasteiger partial charge in [0.05, 0.1) is 25.7 Å². The van der Waals surface area contributed by atoms with Crippen molar-refractivity contribution in [1.82, 2.24) is 10.2 Å². The largest absolute Gasteiger partial charge is 0.481 e. The number of carbonyl (C=O) groups is 4. The summed E-state index contributed by atoms with van der Waals surface area (Å²) in [5.41, 5.74) is 3.00. The van der Waals surface area contributed by atoms with Gasteiger partial charge in [-0.2, -0.15) is 0 Å². The van der Waals surface area contributed by atoms with Crippen LogP contribution in [0.4, 0.5) is 0 Å². The summed E-state index contributed by atoms with van der Waals surface area (Å²) in [5, 5.41) is 12.8. The number of fused-ring (bicyclic) bond motifs is 7. The SMILES string of the molecule is CC(C)C1=C2C3CCC4C(C)(CCC5C(C)(C)C(CC(=O)C6CC(C(=O)O)C6C)CCC54C)C3CCC2(CCNC(=O)CN2CCOCC2)CC1=O. The maximum absolute atomic E-state index is 13.9. The molecule has 11 unspecified atom stereocenters. The first kappa shape index (κ1) is 38.2. The molecular formula is C44H68N2O6. The van der Waals surface area contributed by atoms with E-state index in [1.807, 2.05) is 6.92 Å². The molecule has 0 aromatic rings. The van der Waals surface area contributed by atoms with Gasteiger partial charge in [-0.3, -0.25) is 24.1 Å². The fourth-order valence-corrected chi connectivity index (χ4v) is 14.6. The molecule has 6 fully saturated rings. The van der Waals surface area contributed by atoms with Gasteiger partial charge in [0, 0.05) is 43.8 Å². The number of morpholine rings is 1. The Kier molecular flexibility index (Phi) is 10.2. The van der Waals surface area contributed by atoms with Gasteiger partial charge >= 0.3 is 5.97 Å². The second-order valence-electron chi connectivity index (χ2n) is 20.2. The lowest BCUT2D eigenvalue weighted by molar-refractivity contribution is -0.193. The zero-order valence-electron chi connectivity index (χ0n) is 33.4. The predicted molar refractivity (Wildman–Crippen MR) is 201 cm³/mol. The summed E-state index contributed by atoms with van der Waals surface area (Å²) in [7, 11) is 0. The predicted octanol–water partition coefficient (Wildman–Crippen LogP) is 7.35. The van der Waals surface area contributed by atoms with E-state index in [2.05, 4.69) is 51.8 Å². The maximum atomic E-state index is 13.9. The molecule has 1 heterocycles. The molecule has 1 aliphatic heterocycles. The first-order valence-corrected chi connectivity index (χ1v) is 21.1. The van der Waals surface area contributed by atoms with Gasteiger partial charge in [0.1, 0.15) is 5.78 Å². The van der Waals surface area contributed by atoms with E-state index in [9.17, 15) is 24.3 Å². The quantitative estimate of drug-likeness (QED) is 0.243. The van der Waals surface area contributed by atoms with E-state index in [1.54, 1.807) is 0 Å². The fourth-order valence-electron chi connectivity index (χ4n) is 14.6. The van der Waals surface area contributed by atoms with E-state index >= 15 is 0 Å². The van der Waals surface area contributed by atoms with Crippen molar-refractivity contribution < 1.29 is 29.0 Å². The molecule has 7 aliphatic rings. The van der Waals surface area contributed by atoms with Crippen LogP contribution in [0.2, 0.25) is 0 Å². The van der Waals surface area contributed by atoms with Gasteiger partial charge in [-0.25, -0.2) is 0 Å². The normalized spacial score (nSPS) is 42.8. The number of rotatable bonds is 10. The molecule has 0 spiro atoms. The molecule has 0 radical (unpaired) electrons. The van der Waals surface area contributed by atoms with Crippen LogP contribution in [0.1, 0.15) is 126 Å². The van der Waals surface area contributed by atoms with Crippen LogP contribution < -0.4 is 5.32 Å². The maximum Gasteiger partial charge on any atom is 0.306 e. The van der Waals surface area contributed by atoms with Gasteiger partial charge in [-0.15, -0.1) is 0 Å². The number of hydrogen-bond donors (Lipinski definition) is 2. The molecule has 8 heteroatoms. The van der Waals surface area contributed by atoms with Crippen LogP contribution in [0, 0.1) is 74.9 Å². The van der Waals surface area contributed by atoms with E-state index in [4.69, 9.17) is 4.74 Å². The summed E-state index contributed by atoms with van der Waals surface area (Å²) in [4.78, 5) is 54.2. The monoisotopic (exact) mass is 721 g/mol. The summed E-state index contributed by atoms with van der Waals surface area (Å²) in [5.74, 6) is 2.26. The average molecular weight is 721 g/mol. The number of carboxylic acids is 1. The minimum Gasteiger partial charge on any atom is -0.481 e. The van der Waals surface area contributed by atoms with Gasteiger partial charge < -0.3 is 15.2 Å². The zero-order chi connectivity index (χ0) is 37.4.